The molecule has 1 atom stereocenters. The summed E-state index contributed by atoms with van der Waals surface area (Å²) in [6.45, 7) is 8.71. The van der Waals surface area contributed by atoms with E-state index in [9.17, 15) is 13.9 Å². The molecule has 1 aromatic carbocycles. The normalized spacial score (nSPS) is 22.3. The quantitative estimate of drug-likeness (QED) is 0.880. The molecule has 0 saturated heterocycles. The highest BCUT2D eigenvalue weighted by atomic mass is 19.1. The van der Waals surface area contributed by atoms with Gasteiger partial charge in [0.25, 0.3) is 0 Å². The predicted octanol–water partition coefficient (Wildman–Crippen LogP) is 3.02. The smallest absolute Gasteiger partial charge is 0.131 e. The van der Waals surface area contributed by atoms with Crippen molar-refractivity contribution >= 4 is 0 Å². The molecule has 1 saturated carbocycles. The number of halogens is 2. The average Bonchev–Trinajstić information content (AvgIpc) is 2.66. The number of aliphatic hydroxyl groups excluding tert-OH is 1. The zero-order chi connectivity index (χ0) is 14.4. The van der Waals surface area contributed by atoms with Gasteiger partial charge in [-0.1, -0.05) is 33.8 Å². The summed E-state index contributed by atoms with van der Waals surface area (Å²) in [5.74, 6) is -1.41. The van der Waals surface area contributed by atoms with Gasteiger partial charge in [0.15, 0.2) is 0 Å². The number of aliphatic hydroxyl groups is 1. The Morgan fingerprint density at radius 3 is 2.05 bits per heavy atom. The summed E-state index contributed by atoms with van der Waals surface area (Å²) in [6.07, 6.45) is -1.17. The van der Waals surface area contributed by atoms with E-state index in [0.29, 0.717) is 0 Å². The van der Waals surface area contributed by atoms with E-state index in [0.717, 1.165) is 12.1 Å². The molecule has 1 fully saturated rings. The number of hydrogen-bond acceptors (Lipinski definition) is 2. The number of benzene rings is 1. The average molecular weight is 269 g/mol. The standard InChI is InChI=1S/C15H21F2NO/c1-14(2)13(15(14,3)4)18-8-11(19)12-9(16)6-5-7-10(12)17/h5-7,11,13,18-19H,8H2,1-4H3. The van der Waals surface area contributed by atoms with Crippen LogP contribution in [0.3, 0.4) is 0 Å². The summed E-state index contributed by atoms with van der Waals surface area (Å²) >= 11 is 0. The molecule has 0 amide bonds. The SMILES string of the molecule is CC1(C)C(NCC(O)c2c(F)cccc2F)C1(C)C. The molecule has 0 heterocycles. The van der Waals surface area contributed by atoms with Crippen LogP contribution in [0.2, 0.25) is 0 Å². The van der Waals surface area contributed by atoms with Gasteiger partial charge in [-0.15, -0.1) is 0 Å². The third-order valence-corrected chi connectivity index (χ3v) is 4.87. The van der Waals surface area contributed by atoms with Gasteiger partial charge in [-0.05, 0) is 23.0 Å². The molecular weight excluding hydrogens is 248 g/mol. The topological polar surface area (TPSA) is 32.3 Å². The Morgan fingerprint density at radius 1 is 1.16 bits per heavy atom. The maximum atomic E-state index is 13.5. The minimum Gasteiger partial charge on any atom is -0.387 e. The first-order chi connectivity index (χ1) is 8.69. The van der Waals surface area contributed by atoms with Crippen molar-refractivity contribution in [1.29, 1.82) is 0 Å². The van der Waals surface area contributed by atoms with Crippen molar-refractivity contribution in [3.05, 3.63) is 35.4 Å². The van der Waals surface area contributed by atoms with E-state index in [1.54, 1.807) is 0 Å². The van der Waals surface area contributed by atoms with E-state index in [1.807, 2.05) is 0 Å². The van der Waals surface area contributed by atoms with Crippen molar-refractivity contribution in [2.24, 2.45) is 10.8 Å². The van der Waals surface area contributed by atoms with Crippen LogP contribution < -0.4 is 5.32 Å². The lowest BCUT2D eigenvalue weighted by atomic mass is 10.0. The van der Waals surface area contributed by atoms with Gasteiger partial charge in [-0.25, -0.2) is 8.78 Å². The molecule has 0 spiro atoms. The molecule has 1 aliphatic carbocycles. The molecule has 2 rings (SSSR count). The van der Waals surface area contributed by atoms with Crippen LogP contribution in [0.4, 0.5) is 8.78 Å². The highest BCUT2D eigenvalue weighted by Gasteiger charge is 2.64. The van der Waals surface area contributed by atoms with Gasteiger partial charge in [0.05, 0.1) is 11.7 Å². The Morgan fingerprint density at radius 2 is 1.63 bits per heavy atom. The maximum absolute atomic E-state index is 13.5. The predicted molar refractivity (Wildman–Crippen MR) is 70.7 cm³/mol. The van der Waals surface area contributed by atoms with Crippen LogP contribution in [0.5, 0.6) is 0 Å². The Bertz CT molecular complexity index is 451. The zero-order valence-corrected chi connectivity index (χ0v) is 11.8. The summed E-state index contributed by atoms with van der Waals surface area (Å²) in [6, 6.07) is 3.85. The van der Waals surface area contributed by atoms with Crippen LogP contribution in [0, 0.1) is 22.5 Å². The molecule has 106 valence electrons. The highest BCUT2D eigenvalue weighted by molar-refractivity contribution is 5.23. The number of hydrogen-bond donors (Lipinski definition) is 2. The summed E-state index contributed by atoms with van der Waals surface area (Å²) < 4.78 is 27.0. The first-order valence-electron chi connectivity index (χ1n) is 6.55. The number of nitrogens with one attached hydrogen (secondary N) is 1. The van der Waals surface area contributed by atoms with E-state index >= 15 is 0 Å². The van der Waals surface area contributed by atoms with Gasteiger partial charge < -0.3 is 10.4 Å². The van der Waals surface area contributed by atoms with E-state index in [-0.39, 0.29) is 29.0 Å². The van der Waals surface area contributed by atoms with Gasteiger partial charge in [-0.2, -0.15) is 0 Å². The fourth-order valence-electron chi connectivity index (χ4n) is 2.87. The van der Waals surface area contributed by atoms with E-state index in [2.05, 4.69) is 33.0 Å². The highest BCUT2D eigenvalue weighted by Crippen LogP contribution is 2.62. The summed E-state index contributed by atoms with van der Waals surface area (Å²) in [5, 5.41) is 13.2. The molecule has 4 heteroatoms. The van der Waals surface area contributed by atoms with Crippen molar-refractivity contribution in [3.8, 4) is 0 Å². The van der Waals surface area contributed by atoms with Crippen LogP contribution in [-0.2, 0) is 0 Å². The Kier molecular flexibility index (Phi) is 3.43. The summed E-state index contributed by atoms with van der Waals surface area (Å²) in [5.41, 5.74) is -0.00710. The minimum atomic E-state index is -1.17. The molecule has 0 bridgehead atoms. The maximum Gasteiger partial charge on any atom is 0.131 e. The van der Waals surface area contributed by atoms with Crippen molar-refractivity contribution in [3.63, 3.8) is 0 Å². The van der Waals surface area contributed by atoms with Crippen LogP contribution in [0.15, 0.2) is 18.2 Å². The molecule has 1 aliphatic rings. The van der Waals surface area contributed by atoms with Crippen LogP contribution in [0.25, 0.3) is 0 Å². The molecular formula is C15H21F2NO. The second-order valence-corrected chi connectivity index (χ2v) is 6.44. The Labute approximate surface area is 112 Å². The molecule has 2 nitrogen and oxygen atoms in total. The minimum absolute atomic E-state index is 0.125. The molecule has 2 N–H and O–H groups in total. The Hall–Kier alpha value is -1.00. The van der Waals surface area contributed by atoms with Crippen LogP contribution >= 0.6 is 0 Å². The molecule has 0 radical (unpaired) electrons. The lowest BCUT2D eigenvalue weighted by Crippen LogP contribution is -2.28. The fourth-order valence-corrected chi connectivity index (χ4v) is 2.87. The largest absolute Gasteiger partial charge is 0.387 e. The van der Waals surface area contributed by atoms with E-state index in [4.69, 9.17) is 0 Å². The number of rotatable bonds is 4. The molecule has 1 unspecified atom stereocenters. The van der Waals surface area contributed by atoms with E-state index < -0.39 is 17.7 Å². The van der Waals surface area contributed by atoms with Crippen LogP contribution in [0.1, 0.15) is 39.4 Å². The van der Waals surface area contributed by atoms with Crippen LogP contribution in [-0.4, -0.2) is 17.7 Å². The molecule has 0 aliphatic heterocycles. The monoisotopic (exact) mass is 269 g/mol. The van der Waals surface area contributed by atoms with Crippen molar-refractivity contribution in [2.45, 2.75) is 39.8 Å². The molecule has 0 aromatic heterocycles. The molecule has 1 aromatic rings. The zero-order valence-electron chi connectivity index (χ0n) is 11.8. The lowest BCUT2D eigenvalue weighted by Gasteiger charge is -2.14. The lowest BCUT2D eigenvalue weighted by molar-refractivity contribution is 0.162. The van der Waals surface area contributed by atoms with Gasteiger partial charge >= 0.3 is 0 Å². The Balaban J connectivity index is 2.02. The van der Waals surface area contributed by atoms with Crippen molar-refractivity contribution in [2.75, 3.05) is 6.54 Å². The second kappa shape index (κ2) is 4.53. The van der Waals surface area contributed by atoms with Gasteiger partial charge in [-0.3, -0.25) is 0 Å². The van der Waals surface area contributed by atoms with Crippen molar-refractivity contribution < 1.29 is 13.9 Å². The van der Waals surface area contributed by atoms with E-state index in [1.165, 1.54) is 6.07 Å². The van der Waals surface area contributed by atoms with Gasteiger partial charge in [0.2, 0.25) is 0 Å². The first kappa shape index (κ1) is 14.4. The third kappa shape index (κ3) is 2.28. The second-order valence-electron chi connectivity index (χ2n) is 6.44. The van der Waals surface area contributed by atoms with Crippen molar-refractivity contribution in [1.82, 2.24) is 5.32 Å². The summed E-state index contributed by atoms with van der Waals surface area (Å²) in [4.78, 5) is 0. The molecule has 19 heavy (non-hydrogen) atoms. The summed E-state index contributed by atoms with van der Waals surface area (Å²) in [7, 11) is 0. The first-order valence-corrected chi connectivity index (χ1v) is 6.55. The van der Waals surface area contributed by atoms with Gasteiger partial charge in [0.1, 0.15) is 11.6 Å². The fraction of sp³-hybridized carbons (Fsp3) is 0.600. The third-order valence-electron chi connectivity index (χ3n) is 4.87. The van der Waals surface area contributed by atoms with Gasteiger partial charge in [0, 0.05) is 12.6 Å².